The van der Waals surface area contributed by atoms with Crippen LogP contribution in [0.5, 0.6) is 0 Å². The molecular formula is C14H25NO2. The molecule has 1 N–H and O–H groups in total. The van der Waals surface area contributed by atoms with Crippen molar-refractivity contribution in [2.24, 2.45) is 5.41 Å². The van der Waals surface area contributed by atoms with Crippen LogP contribution in [0.2, 0.25) is 0 Å². The molecule has 1 unspecified atom stereocenters. The number of nitrogens with one attached hydrogen (secondary N) is 1. The third kappa shape index (κ3) is 5.89. The van der Waals surface area contributed by atoms with E-state index in [1.807, 2.05) is 12.1 Å². The molecule has 3 heteroatoms. The number of furan rings is 1. The SMILES string of the molecule is COCCC(C)(C)CNC(C)Cc1ccco1. The zero-order valence-electron chi connectivity index (χ0n) is 11.5. The van der Waals surface area contributed by atoms with Crippen molar-refractivity contribution in [3.8, 4) is 0 Å². The zero-order chi connectivity index (χ0) is 12.7. The van der Waals surface area contributed by atoms with Crippen LogP contribution < -0.4 is 5.32 Å². The fourth-order valence-corrected chi connectivity index (χ4v) is 1.72. The molecule has 0 saturated carbocycles. The molecule has 0 amide bonds. The van der Waals surface area contributed by atoms with Crippen molar-refractivity contribution in [3.05, 3.63) is 24.2 Å². The molecule has 0 aliphatic rings. The van der Waals surface area contributed by atoms with E-state index in [-0.39, 0.29) is 5.41 Å². The maximum absolute atomic E-state index is 5.34. The van der Waals surface area contributed by atoms with Crippen LogP contribution >= 0.6 is 0 Å². The highest BCUT2D eigenvalue weighted by atomic mass is 16.5. The van der Waals surface area contributed by atoms with Gasteiger partial charge >= 0.3 is 0 Å². The molecule has 1 aromatic heterocycles. The summed E-state index contributed by atoms with van der Waals surface area (Å²) < 4.78 is 10.5. The van der Waals surface area contributed by atoms with Gasteiger partial charge in [0.2, 0.25) is 0 Å². The van der Waals surface area contributed by atoms with Crippen molar-refractivity contribution in [2.75, 3.05) is 20.3 Å². The van der Waals surface area contributed by atoms with E-state index < -0.39 is 0 Å². The molecule has 0 saturated heterocycles. The molecule has 0 bridgehead atoms. The van der Waals surface area contributed by atoms with E-state index >= 15 is 0 Å². The van der Waals surface area contributed by atoms with E-state index in [4.69, 9.17) is 9.15 Å². The van der Waals surface area contributed by atoms with Gasteiger partial charge in [0.15, 0.2) is 0 Å². The van der Waals surface area contributed by atoms with Gasteiger partial charge in [-0.05, 0) is 30.9 Å². The van der Waals surface area contributed by atoms with Gasteiger partial charge in [-0.2, -0.15) is 0 Å². The van der Waals surface area contributed by atoms with Crippen molar-refractivity contribution in [2.45, 2.75) is 39.7 Å². The van der Waals surface area contributed by atoms with E-state index in [2.05, 4.69) is 26.1 Å². The highest BCUT2D eigenvalue weighted by Crippen LogP contribution is 2.19. The second-order valence-electron chi connectivity index (χ2n) is 5.47. The molecule has 0 fully saturated rings. The zero-order valence-corrected chi connectivity index (χ0v) is 11.5. The van der Waals surface area contributed by atoms with Crippen LogP contribution in [0.15, 0.2) is 22.8 Å². The van der Waals surface area contributed by atoms with Crippen molar-refractivity contribution >= 4 is 0 Å². The Kier molecular flexibility index (Phi) is 5.72. The Morgan fingerprint density at radius 1 is 1.47 bits per heavy atom. The molecular weight excluding hydrogens is 214 g/mol. The fourth-order valence-electron chi connectivity index (χ4n) is 1.72. The molecule has 0 spiro atoms. The van der Waals surface area contributed by atoms with Gasteiger partial charge in [0.05, 0.1) is 6.26 Å². The number of ether oxygens (including phenoxy) is 1. The Balaban J connectivity index is 2.24. The van der Waals surface area contributed by atoms with E-state index in [0.29, 0.717) is 6.04 Å². The van der Waals surface area contributed by atoms with Gasteiger partial charge in [0.25, 0.3) is 0 Å². The molecule has 0 aromatic carbocycles. The van der Waals surface area contributed by atoms with Gasteiger partial charge in [-0.1, -0.05) is 13.8 Å². The lowest BCUT2D eigenvalue weighted by molar-refractivity contribution is 0.149. The lowest BCUT2D eigenvalue weighted by Gasteiger charge is -2.26. The van der Waals surface area contributed by atoms with Crippen molar-refractivity contribution in [1.29, 1.82) is 0 Å². The van der Waals surface area contributed by atoms with Gasteiger partial charge in [-0.3, -0.25) is 0 Å². The van der Waals surface area contributed by atoms with Crippen LogP contribution in [0.3, 0.4) is 0 Å². The molecule has 0 aliphatic carbocycles. The Bertz CT molecular complexity index is 293. The van der Waals surface area contributed by atoms with Gasteiger partial charge < -0.3 is 14.5 Å². The molecule has 17 heavy (non-hydrogen) atoms. The van der Waals surface area contributed by atoms with Crippen molar-refractivity contribution in [1.82, 2.24) is 5.32 Å². The summed E-state index contributed by atoms with van der Waals surface area (Å²) >= 11 is 0. The second kappa shape index (κ2) is 6.82. The molecule has 1 rings (SSSR count). The van der Waals surface area contributed by atoms with Gasteiger partial charge in [-0.25, -0.2) is 0 Å². The summed E-state index contributed by atoms with van der Waals surface area (Å²) in [5, 5.41) is 3.55. The highest BCUT2D eigenvalue weighted by Gasteiger charge is 2.18. The van der Waals surface area contributed by atoms with Crippen molar-refractivity contribution < 1.29 is 9.15 Å². The predicted molar refractivity (Wildman–Crippen MR) is 70.2 cm³/mol. The van der Waals surface area contributed by atoms with Gasteiger partial charge in [0, 0.05) is 32.7 Å². The van der Waals surface area contributed by atoms with Crippen LogP contribution in [0.25, 0.3) is 0 Å². The summed E-state index contributed by atoms with van der Waals surface area (Å²) in [4.78, 5) is 0. The van der Waals surface area contributed by atoms with Crippen LogP contribution in [0, 0.1) is 5.41 Å². The lowest BCUT2D eigenvalue weighted by atomic mass is 9.89. The molecule has 1 heterocycles. The van der Waals surface area contributed by atoms with Crippen LogP contribution in [0.1, 0.15) is 33.0 Å². The van der Waals surface area contributed by atoms with E-state index in [9.17, 15) is 0 Å². The minimum Gasteiger partial charge on any atom is -0.469 e. The number of hydrogen-bond donors (Lipinski definition) is 1. The summed E-state index contributed by atoms with van der Waals surface area (Å²) in [6.45, 7) is 8.53. The summed E-state index contributed by atoms with van der Waals surface area (Å²) in [5.41, 5.74) is 0.271. The first-order valence-electron chi connectivity index (χ1n) is 6.28. The molecule has 98 valence electrons. The predicted octanol–water partition coefficient (Wildman–Crippen LogP) is 2.86. The second-order valence-corrected chi connectivity index (χ2v) is 5.47. The molecule has 1 aromatic rings. The normalized spacial score (nSPS) is 13.9. The Morgan fingerprint density at radius 2 is 2.24 bits per heavy atom. The molecule has 3 nitrogen and oxygen atoms in total. The van der Waals surface area contributed by atoms with Crippen molar-refractivity contribution in [3.63, 3.8) is 0 Å². The van der Waals surface area contributed by atoms with E-state index in [0.717, 1.165) is 31.8 Å². The Hall–Kier alpha value is -0.800. The lowest BCUT2D eigenvalue weighted by Crippen LogP contribution is -2.37. The minimum atomic E-state index is 0.271. The Morgan fingerprint density at radius 3 is 2.82 bits per heavy atom. The van der Waals surface area contributed by atoms with Gasteiger partial charge in [0.1, 0.15) is 5.76 Å². The minimum absolute atomic E-state index is 0.271. The maximum Gasteiger partial charge on any atom is 0.105 e. The highest BCUT2D eigenvalue weighted by molar-refractivity contribution is 5.00. The van der Waals surface area contributed by atoms with Crippen LogP contribution in [-0.4, -0.2) is 26.3 Å². The Labute approximate surface area is 105 Å². The third-order valence-corrected chi connectivity index (χ3v) is 3.00. The largest absolute Gasteiger partial charge is 0.469 e. The monoisotopic (exact) mass is 239 g/mol. The average molecular weight is 239 g/mol. The number of rotatable bonds is 8. The summed E-state index contributed by atoms with van der Waals surface area (Å²) in [6.07, 6.45) is 3.74. The number of methoxy groups -OCH3 is 1. The first-order valence-corrected chi connectivity index (χ1v) is 6.28. The van der Waals surface area contributed by atoms with E-state index in [1.165, 1.54) is 0 Å². The van der Waals surface area contributed by atoms with Crippen LogP contribution in [0.4, 0.5) is 0 Å². The standard InChI is InChI=1S/C14H25NO2/c1-12(10-13-6-5-8-17-13)15-11-14(2,3)7-9-16-4/h5-6,8,12,15H,7,9-11H2,1-4H3. The van der Waals surface area contributed by atoms with E-state index in [1.54, 1.807) is 13.4 Å². The molecule has 0 aliphatic heterocycles. The average Bonchev–Trinajstić information content (AvgIpc) is 2.77. The number of hydrogen-bond acceptors (Lipinski definition) is 3. The summed E-state index contributed by atoms with van der Waals surface area (Å²) in [7, 11) is 1.75. The topological polar surface area (TPSA) is 34.4 Å². The quantitative estimate of drug-likeness (QED) is 0.757. The molecule has 0 radical (unpaired) electrons. The summed E-state index contributed by atoms with van der Waals surface area (Å²) in [5.74, 6) is 1.04. The first-order chi connectivity index (χ1) is 8.03. The first kappa shape index (κ1) is 14.3. The molecule has 1 atom stereocenters. The third-order valence-electron chi connectivity index (χ3n) is 3.00. The smallest absolute Gasteiger partial charge is 0.105 e. The van der Waals surface area contributed by atoms with Gasteiger partial charge in [-0.15, -0.1) is 0 Å². The maximum atomic E-state index is 5.34. The summed E-state index contributed by atoms with van der Waals surface area (Å²) in [6, 6.07) is 4.39. The fraction of sp³-hybridized carbons (Fsp3) is 0.714. The van der Waals surface area contributed by atoms with Crippen LogP contribution in [-0.2, 0) is 11.2 Å².